The third-order valence-electron chi connectivity index (χ3n) is 7.79. The average molecular weight is 566 g/mol. The Morgan fingerprint density at radius 2 is 1.82 bits per heavy atom. The number of aromatic nitrogens is 2. The molecule has 1 N–H and O–H groups in total. The molecule has 1 saturated heterocycles. The summed E-state index contributed by atoms with van der Waals surface area (Å²) in [6, 6.07) is 4.30. The van der Waals surface area contributed by atoms with Gasteiger partial charge in [-0.1, -0.05) is 59.2 Å². The maximum absolute atomic E-state index is 14.2. The number of hydrogen-bond donors (Lipinski definition) is 1. The van der Waals surface area contributed by atoms with E-state index in [4.69, 9.17) is 21.1 Å². The Hall–Kier alpha value is -2.23. The van der Waals surface area contributed by atoms with E-state index < -0.39 is 31.8 Å². The van der Waals surface area contributed by atoms with Crippen molar-refractivity contribution in [2.24, 2.45) is 0 Å². The number of amides is 1. The Kier molecular flexibility index (Phi) is 9.48. The van der Waals surface area contributed by atoms with Gasteiger partial charge in [0.15, 0.2) is 20.2 Å². The molecule has 1 atom stereocenters. The topological polar surface area (TPSA) is 82.5 Å². The number of rotatable bonds is 9. The van der Waals surface area contributed by atoms with Crippen LogP contribution >= 0.6 is 11.6 Å². The zero-order valence-electron chi connectivity index (χ0n) is 23.7. The second kappa shape index (κ2) is 11.9. The Morgan fingerprint density at radius 1 is 1.18 bits per heavy atom. The molecule has 0 radical (unpaired) electrons. The summed E-state index contributed by atoms with van der Waals surface area (Å²) in [5.74, 6) is -1.21. The van der Waals surface area contributed by atoms with E-state index in [-0.39, 0.29) is 38.6 Å². The minimum atomic E-state index is -2.48. The van der Waals surface area contributed by atoms with Gasteiger partial charge in [0.05, 0.1) is 23.5 Å². The second-order valence-electron chi connectivity index (χ2n) is 11.6. The summed E-state index contributed by atoms with van der Waals surface area (Å²) in [6.07, 6.45) is 3.35. The van der Waals surface area contributed by atoms with Gasteiger partial charge in [0.25, 0.3) is 11.5 Å². The number of nitrogens with zero attached hydrogens (tertiary/aromatic N) is 2. The van der Waals surface area contributed by atoms with E-state index in [0.29, 0.717) is 18.6 Å². The number of carbonyl (C=O) groups excluding carboxylic acids is 1. The van der Waals surface area contributed by atoms with Crippen molar-refractivity contribution in [1.82, 2.24) is 14.5 Å². The van der Waals surface area contributed by atoms with Crippen molar-refractivity contribution in [3.05, 3.63) is 57.0 Å². The number of ether oxygens (including phenoxy) is 2. The molecule has 1 fully saturated rings. The molecule has 10 heteroatoms. The molecule has 1 aliphatic rings. The SMILES string of the molecule is CC(C)[Si](C(C)C)(C(C)C)n1cnc(C(=O)NC(C)(C)c2ccc(F)c(Cl)c2)c(OC2CCCCO2)c1=O. The summed E-state index contributed by atoms with van der Waals surface area (Å²) >= 11 is 5.99. The maximum Gasteiger partial charge on any atom is 0.288 e. The van der Waals surface area contributed by atoms with E-state index >= 15 is 0 Å². The smallest absolute Gasteiger partial charge is 0.288 e. The average Bonchev–Trinajstić information content (AvgIpc) is 2.83. The molecule has 3 rings (SSSR count). The van der Waals surface area contributed by atoms with Crippen LogP contribution in [0.15, 0.2) is 29.3 Å². The lowest BCUT2D eigenvalue weighted by Gasteiger charge is -2.43. The third kappa shape index (κ3) is 5.84. The van der Waals surface area contributed by atoms with Crippen LogP contribution in [0.4, 0.5) is 4.39 Å². The highest BCUT2D eigenvalue weighted by molar-refractivity contribution is 6.82. The normalized spacial score (nSPS) is 16.8. The Morgan fingerprint density at radius 3 is 2.34 bits per heavy atom. The summed E-state index contributed by atoms with van der Waals surface area (Å²) < 4.78 is 27.4. The van der Waals surface area contributed by atoms with Gasteiger partial charge in [-0.25, -0.2) is 9.37 Å². The quantitative estimate of drug-likeness (QED) is 0.345. The first-order valence-electron chi connectivity index (χ1n) is 13.4. The van der Waals surface area contributed by atoms with E-state index in [9.17, 15) is 14.0 Å². The van der Waals surface area contributed by atoms with Crippen LogP contribution in [0.5, 0.6) is 5.75 Å². The van der Waals surface area contributed by atoms with E-state index in [2.05, 4.69) is 51.8 Å². The monoisotopic (exact) mass is 565 g/mol. The van der Waals surface area contributed by atoms with Gasteiger partial charge in [0.2, 0.25) is 5.75 Å². The van der Waals surface area contributed by atoms with Gasteiger partial charge in [-0.3, -0.25) is 9.59 Å². The zero-order chi connectivity index (χ0) is 28.4. The highest BCUT2D eigenvalue weighted by atomic mass is 35.5. The molecule has 2 heterocycles. The summed E-state index contributed by atoms with van der Waals surface area (Å²) in [4.78, 5) is 32.4. The largest absolute Gasteiger partial charge is 0.457 e. The van der Waals surface area contributed by atoms with Crippen LogP contribution in [0.1, 0.15) is 90.7 Å². The lowest BCUT2D eigenvalue weighted by molar-refractivity contribution is -0.106. The molecule has 0 aliphatic carbocycles. The molecular formula is C28H41ClFN3O4Si. The van der Waals surface area contributed by atoms with Gasteiger partial charge < -0.3 is 19.0 Å². The molecule has 1 unspecified atom stereocenters. The van der Waals surface area contributed by atoms with Crippen molar-refractivity contribution >= 4 is 25.7 Å². The van der Waals surface area contributed by atoms with Gasteiger partial charge in [-0.05, 0) is 61.0 Å². The number of benzene rings is 1. The standard InChI is InChI=1S/C28H41ClFN3O4Si/c1-17(2)38(18(3)4,19(5)6)33-16-31-24(25(27(33)35)37-23-11-9-10-14-36-23)26(34)32-28(7,8)20-12-13-22(30)21(29)15-20/h12-13,15-19,23H,9-11,14H2,1-8H3,(H,32,34). The molecule has 1 amide bonds. The van der Waals surface area contributed by atoms with Crippen LogP contribution in [0.3, 0.4) is 0 Å². The van der Waals surface area contributed by atoms with E-state index in [0.717, 1.165) is 12.8 Å². The van der Waals surface area contributed by atoms with Gasteiger partial charge in [-0.2, -0.15) is 0 Å². The molecule has 38 heavy (non-hydrogen) atoms. The molecule has 210 valence electrons. The Bertz CT molecular complexity index is 1190. The first-order chi connectivity index (χ1) is 17.7. The van der Waals surface area contributed by atoms with Crippen molar-refractivity contribution in [1.29, 1.82) is 0 Å². The van der Waals surface area contributed by atoms with Crippen LogP contribution < -0.4 is 15.6 Å². The van der Waals surface area contributed by atoms with Crippen molar-refractivity contribution in [3.8, 4) is 5.75 Å². The van der Waals surface area contributed by atoms with Gasteiger partial charge in [0, 0.05) is 6.42 Å². The Balaban J connectivity index is 2.12. The fraction of sp³-hybridized carbons (Fsp3) is 0.607. The van der Waals surface area contributed by atoms with E-state index in [1.807, 2.05) is 0 Å². The van der Waals surface area contributed by atoms with E-state index in [1.165, 1.54) is 18.5 Å². The molecule has 1 aliphatic heterocycles. The minimum absolute atomic E-state index is 0.0404. The van der Waals surface area contributed by atoms with Gasteiger partial charge in [0.1, 0.15) is 5.82 Å². The van der Waals surface area contributed by atoms with Crippen molar-refractivity contribution in [2.45, 2.75) is 103 Å². The number of halogens is 2. The molecule has 1 aromatic carbocycles. The first kappa shape index (κ1) is 30.3. The lowest BCUT2D eigenvalue weighted by Crippen LogP contribution is -2.57. The summed E-state index contributed by atoms with van der Waals surface area (Å²) in [5, 5.41) is 2.89. The number of carbonyl (C=O) groups is 1. The predicted molar refractivity (Wildman–Crippen MR) is 151 cm³/mol. The second-order valence-corrected chi connectivity index (χ2v) is 17.7. The van der Waals surface area contributed by atoms with Crippen molar-refractivity contribution in [3.63, 3.8) is 0 Å². The van der Waals surface area contributed by atoms with Gasteiger partial charge in [-0.15, -0.1) is 0 Å². The zero-order valence-corrected chi connectivity index (χ0v) is 25.5. The fourth-order valence-electron chi connectivity index (χ4n) is 6.05. The molecule has 0 bridgehead atoms. The van der Waals surface area contributed by atoms with Crippen molar-refractivity contribution in [2.75, 3.05) is 6.61 Å². The molecular weight excluding hydrogens is 525 g/mol. The van der Waals surface area contributed by atoms with Crippen LogP contribution in [-0.2, 0) is 10.3 Å². The van der Waals surface area contributed by atoms with Crippen LogP contribution in [0, 0.1) is 5.82 Å². The van der Waals surface area contributed by atoms with Crippen LogP contribution in [-0.4, -0.2) is 36.3 Å². The molecule has 0 spiro atoms. The Labute approximate surface area is 231 Å². The predicted octanol–water partition coefficient (Wildman–Crippen LogP) is 6.63. The summed E-state index contributed by atoms with van der Waals surface area (Å²) in [5.41, 5.74) is -0.0662. The summed E-state index contributed by atoms with van der Waals surface area (Å²) in [7, 11) is -2.48. The first-order valence-corrected chi connectivity index (χ1v) is 16.0. The molecule has 0 saturated carbocycles. The highest BCUT2D eigenvalue weighted by Crippen LogP contribution is 2.42. The van der Waals surface area contributed by atoms with Crippen LogP contribution in [0.25, 0.3) is 0 Å². The minimum Gasteiger partial charge on any atom is -0.457 e. The maximum atomic E-state index is 14.2. The third-order valence-corrected chi connectivity index (χ3v) is 14.8. The van der Waals surface area contributed by atoms with E-state index in [1.54, 1.807) is 24.1 Å². The molecule has 2 aromatic rings. The number of nitrogens with one attached hydrogen (secondary N) is 1. The lowest BCUT2D eigenvalue weighted by atomic mass is 9.94. The van der Waals surface area contributed by atoms with Crippen LogP contribution in [0.2, 0.25) is 21.6 Å². The van der Waals surface area contributed by atoms with Gasteiger partial charge >= 0.3 is 0 Å². The fourth-order valence-corrected chi connectivity index (χ4v) is 12.6. The molecule has 1 aromatic heterocycles. The highest BCUT2D eigenvalue weighted by Gasteiger charge is 2.47. The van der Waals surface area contributed by atoms with Crippen molar-refractivity contribution < 1.29 is 18.7 Å². The molecule has 7 nitrogen and oxygen atoms in total. The number of hydrogen-bond acceptors (Lipinski definition) is 5. The summed E-state index contributed by atoms with van der Waals surface area (Å²) in [6.45, 7) is 17.0.